The van der Waals surface area contributed by atoms with Crippen LogP contribution in [0, 0.1) is 0 Å². The van der Waals surface area contributed by atoms with Crippen LogP contribution in [0.5, 0.6) is 0 Å². The lowest BCUT2D eigenvalue weighted by molar-refractivity contribution is -0.129. The van der Waals surface area contributed by atoms with E-state index < -0.39 is 17.7 Å². The molecule has 0 aromatic heterocycles. The molecule has 13 heteroatoms. The van der Waals surface area contributed by atoms with Gasteiger partial charge < -0.3 is 40.2 Å². The van der Waals surface area contributed by atoms with Gasteiger partial charge in [0.15, 0.2) is 0 Å². The van der Waals surface area contributed by atoms with Crippen molar-refractivity contribution in [1.29, 1.82) is 0 Å². The number of rotatable bonds is 20. The summed E-state index contributed by atoms with van der Waals surface area (Å²) in [6.07, 6.45) is 0.0727. The molecular formula is C19H34N4O9. The van der Waals surface area contributed by atoms with Crippen LogP contribution in [0.25, 0.3) is 0 Å². The van der Waals surface area contributed by atoms with Gasteiger partial charge in [-0.25, -0.2) is 0 Å². The lowest BCUT2D eigenvalue weighted by Crippen LogP contribution is -2.44. The lowest BCUT2D eigenvalue weighted by Gasteiger charge is -2.09. The molecule has 0 heterocycles. The van der Waals surface area contributed by atoms with Crippen LogP contribution in [0.4, 0.5) is 0 Å². The zero-order valence-electron chi connectivity index (χ0n) is 18.7. The third-order valence-electron chi connectivity index (χ3n) is 3.52. The largest absolute Gasteiger partial charge is 0.382 e. The summed E-state index contributed by atoms with van der Waals surface area (Å²) < 4.78 is 20.6. The molecule has 0 saturated heterocycles. The maximum Gasteiger partial charge on any atom is 0.239 e. The summed E-state index contributed by atoms with van der Waals surface area (Å²) in [5, 5.41) is 9.31. The normalized spacial score (nSPS) is 10.3. The highest BCUT2D eigenvalue weighted by Crippen LogP contribution is 1.86. The summed E-state index contributed by atoms with van der Waals surface area (Å²) in [5.74, 6) is -2.25. The van der Waals surface area contributed by atoms with Gasteiger partial charge in [0.1, 0.15) is 5.78 Å². The number of amides is 4. The maximum atomic E-state index is 11.7. The monoisotopic (exact) mass is 462 g/mol. The molecule has 0 aliphatic heterocycles. The molecule has 13 nitrogen and oxygen atoms in total. The van der Waals surface area contributed by atoms with Crippen molar-refractivity contribution in [3.63, 3.8) is 0 Å². The van der Waals surface area contributed by atoms with Crippen LogP contribution in [-0.2, 0) is 42.9 Å². The predicted molar refractivity (Wildman–Crippen MR) is 112 cm³/mol. The first kappa shape index (κ1) is 29.4. The van der Waals surface area contributed by atoms with E-state index in [-0.39, 0.29) is 50.9 Å². The van der Waals surface area contributed by atoms with Crippen LogP contribution in [0.15, 0.2) is 0 Å². The van der Waals surface area contributed by atoms with E-state index in [1.165, 1.54) is 6.92 Å². The Morgan fingerprint density at radius 1 is 0.531 bits per heavy atom. The van der Waals surface area contributed by atoms with Crippen molar-refractivity contribution in [3.05, 3.63) is 0 Å². The predicted octanol–water partition coefficient (Wildman–Crippen LogP) is -2.87. The van der Waals surface area contributed by atoms with Crippen molar-refractivity contribution < 1.29 is 42.9 Å². The van der Waals surface area contributed by atoms with Crippen LogP contribution >= 0.6 is 0 Å². The van der Waals surface area contributed by atoms with E-state index in [0.717, 1.165) is 0 Å². The fraction of sp³-hybridized carbons (Fsp3) is 0.737. The first-order valence-corrected chi connectivity index (χ1v) is 10.1. The third kappa shape index (κ3) is 20.7. The quantitative estimate of drug-likeness (QED) is 0.139. The molecule has 0 unspecified atom stereocenters. The SMILES string of the molecule is COCCOCCOCCOCCC(=O)NCC(=O)NCC(=O)NCC(=O)NCC(C)=O. The number of hydrogen-bond donors (Lipinski definition) is 4. The van der Waals surface area contributed by atoms with E-state index >= 15 is 0 Å². The zero-order chi connectivity index (χ0) is 24.0. The van der Waals surface area contributed by atoms with Gasteiger partial charge in [0.2, 0.25) is 23.6 Å². The maximum absolute atomic E-state index is 11.7. The molecule has 0 atom stereocenters. The average molecular weight is 463 g/mol. The molecule has 32 heavy (non-hydrogen) atoms. The van der Waals surface area contributed by atoms with Gasteiger partial charge in [-0.15, -0.1) is 0 Å². The molecule has 4 amide bonds. The van der Waals surface area contributed by atoms with Crippen molar-refractivity contribution in [3.8, 4) is 0 Å². The van der Waals surface area contributed by atoms with Gasteiger partial charge >= 0.3 is 0 Å². The van der Waals surface area contributed by atoms with Crippen LogP contribution in [0.2, 0.25) is 0 Å². The number of ketones is 1. The molecular weight excluding hydrogens is 428 g/mol. The Hall–Kier alpha value is -2.61. The Morgan fingerprint density at radius 3 is 1.34 bits per heavy atom. The summed E-state index contributed by atoms with van der Waals surface area (Å²) in [5.41, 5.74) is 0. The van der Waals surface area contributed by atoms with Gasteiger partial charge in [-0.05, 0) is 6.92 Å². The fourth-order valence-corrected chi connectivity index (χ4v) is 1.88. The minimum atomic E-state index is -0.584. The fourth-order valence-electron chi connectivity index (χ4n) is 1.88. The molecule has 0 bridgehead atoms. The van der Waals surface area contributed by atoms with E-state index in [4.69, 9.17) is 18.9 Å². The summed E-state index contributed by atoms with van der Waals surface area (Å²) in [7, 11) is 1.60. The van der Waals surface area contributed by atoms with Crippen molar-refractivity contribution in [1.82, 2.24) is 21.3 Å². The third-order valence-corrected chi connectivity index (χ3v) is 3.52. The molecule has 184 valence electrons. The summed E-state index contributed by atoms with van der Waals surface area (Å²) in [6.45, 7) is 3.07. The van der Waals surface area contributed by atoms with Crippen molar-refractivity contribution in [2.24, 2.45) is 0 Å². The Balaban J connectivity index is 3.57. The summed E-state index contributed by atoms with van der Waals surface area (Å²) >= 11 is 0. The second-order valence-corrected chi connectivity index (χ2v) is 6.39. The standard InChI is InChI=1S/C19H34N4O9/c1-15(24)11-20-17(26)13-22-19(28)14-23-18(27)12-21-16(25)3-4-30-7-8-32-10-9-31-6-5-29-2/h3-14H2,1-2H3,(H,20,26)(H,21,25)(H,22,28)(H,23,27). The minimum absolute atomic E-state index is 0.0727. The highest BCUT2D eigenvalue weighted by atomic mass is 16.6. The topological polar surface area (TPSA) is 170 Å². The van der Waals surface area contributed by atoms with Gasteiger partial charge in [-0.2, -0.15) is 0 Å². The molecule has 0 aliphatic rings. The van der Waals surface area contributed by atoms with Crippen LogP contribution in [0.1, 0.15) is 13.3 Å². The summed E-state index contributed by atoms with van der Waals surface area (Å²) in [6, 6.07) is 0. The molecule has 4 N–H and O–H groups in total. The van der Waals surface area contributed by atoms with Gasteiger partial charge in [-0.3, -0.25) is 24.0 Å². The number of ether oxygens (including phenoxy) is 4. The van der Waals surface area contributed by atoms with E-state index in [9.17, 15) is 24.0 Å². The van der Waals surface area contributed by atoms with Crippen molar-refractivity contribution in [2.75, 3.05) is 79.5 Å². The first-order valence-electron chi connectivity index (χ1n) is 10.1. The number of carbonyl (C=O) groups is 5. The van der Waals surface area contributed by atoms with Crippen LogP contribution < -0.4 is 21.3 Å². The van der Waals surface area contributed by atoms with Crippen molar-refractivity contribution >= 4 is 29.4 Å². The molecule has 0 aromatic rings. The molecule has 0 rings (SSSR count). The Kier molecular flexibility index (Phi) is 18.6. The smallest absolute Gasteiger partial charge is 0.239 e. The zero-order valence-corrected chi connectivity index (χ0v) is 18.7. The molecule has 0 aromatic carbocycles. The van der Waals surface area contributed by atoms with Gasteiger partial charge in [0.25, 0.3) is 0 Å². The molecule has 0 spiro atoms. The number of carbonyl (C=O) groups excluding carboxylic acids is 5. The van der Waals surface area contributed by atoms with Gasteiger partial charge in [-0.1, -0.05) is 0 Å². The highest BCUT2D eigenvalue weighted by Gasteiger charge is 2.09. The average Bonchev–Trinajstić information content (AvgIpc) is 2.76. The Labute approximate surface area is 187 Å². The van der Waals surface area contributed by atoms with Gasteiger partial charge in [0, 0.05) is 13.5 Å². The first-order chi connectivity index (χ1) is 15.3. The number of methoxy groups -OCH3 is 1. The number of Topliss-reactive ketones (excluding diaryl/α,β-unsaturated/α-hetero) is 1. The molecule has 0 aliphatic carbocycles. The summed E-state index contributed by atoms with van der Waals surface area (Å²) in [4.78, 5) is 56.9. The number of nitrogens with one attached hydrogen (secondary N) is 4. The number of hydrogen-bond acceptors (Lipinski definition) is 9. The van der Waals surface area contributed by atoms with Gasteiger partial charge in [0.05, 0.1) is 72.4 Å². The minimum Gasteiger partial charge on any atom is -0.382 e. The Morgan fingerprint density at radius 2 is 0.906 bits per heavy atom. The highest BCUT2D eigenvalue weighted by molar-refractivity contribution is 5.90. The second-order valence-electron chi connectivity index (χ2n) is 6.39. The lowest BCUT2D eigenvalue weighted by atomic mass is 10.4. The molecule has 0 fully saturated rings. The van der Waals surface area contributed by atoms with E-state index in [1.54, 1.807) is 7.11 Å². The van der Waals surface area contributed by atoms with E-state index in [2.05, 4.69) is 21.3 Å². The van der Waals surface area contributed by atoms with E-state index in [0.29, 0.717) is 39.6 Å². The molecule has 0 saturated carbocycles. The second kappa shape index (κ2) is 20.3. The molecule has 0 radical (unpaired) electrons. The van der Waals surface area contributed by atoms with Crippen LogP contribution in [-0.4, -0.2) is 109 Å². The van der Waals surface area contributed by atoms with Crippen LogP contribution in [0.3, 0.4) is 0 Å². The Bertz CT molecular complexity index is 587. The van der Waals surface area contributed by atoms with Crippen molar-refractivity contribution in [2.45, 2.75) is 13.3 Å². The van der Waals surface area contributed by atoms with E-state index in [1.807, 2.05) is 0 Å².